The fraction of sp³-hybridized carbons (Fsp3) is 0.417. The minimum Gasteiger partial charge on any atom is -0.481 e. The molecule has 29 heavy (non-hydrogen) atoms. The second-order valence-electron chi connectivity index (χ2n) is 8.47. The molecule has 2 N–H and O–H groups in total. The first-order valence-electron chi connectivity index (χ1n) is 10.3. The van der Waals surface area contributed by atoms with Crippen LogP contribution in [0.15, 0.2) is 48.5 Å². The van der Waals surface area contributed by atoms with Gasteiger partial charge in [0.25, 0.3) is 0 Å². The lowest BCUT2D eigenvalue weighted by molar-refractivity contribution is -0.151. The Hall–Kier alpha value is -2.82. The molecule has 0 radical (unpaired) electrons. The summed E-state index contributed by atoms with van der Waals surface area (Å²) in [7, 11) is 0. The van der Waals surface area contributed by atoms with Gasteiger partial charge in [0.1, 0.15) is 6.61 Å². The van der Waals surface area contributed by atoms with Crippen LogP contribution in [-0.4, -0.2) is 30.3 Å². The first-order chi connectivity index (χ1) is 14.0. The zero-order chi connectivity index (χ0) is 20.4. The van der Waals surface area contributed by atoms with Crippen molar-refractivity contribution in [2.45, 2.75) is 38.5 Å². The Bertz CT molecular complexity index is 879. The number of carbonyl (C=O) groups excluding carboxylic acids is 1. The van der Waals surface area contributed by atoms with E-state index >= 15 is 0 Å². The first kappa shape index (κ1) is 19.5. The van der Waals surface area contributed by atoms with Gasteiger partial charge in [-0.15, -0.1) is 0 Å². The predicted octanol–water partition coefficient (Wildman–Crippen LogP) is 4.81. The Kier molecular flexibility index (Phi) is 5.31. The number of fused-ring (bicyclic) bond motifs is 3. The zero-order valence-corrected chi connectivity index (χ0v) is 16.7. The van der Waals surface area contributed by atoms with Gasteiger partial charge < -0.3 is 15.2 Å². The molecule has 2 aromatic carbocycles. The van der Waals surface area contributed by atoms with E-state index in [0.29, 0.717) is 18.8 Å². The van der Waals surface area contributed by atoms with Crippen molar-refractivity contribution in [3.05, 3.63) is 59.7 Å². The number of hydrogen-bond acceptors (Lipinski definition) is 3. The molecule has 2 atom stereocenters. The number of carboxylic acids is 1. The van der Waals surface area contributed by atoms with E-state index in [1.54, 1.807) is 0 Å². The molecule has 0 aromatic heterocycles. The maximum absolute atomic E-state index is 12.4. The third-order valence-electron chi connectivity index (χ3n) is 6.46. The molecule has 0 saturated heterocycles. The minimum atomic E-state index is -0.886. The van der Waals surface area contributed by atoms with Gasteiger partial charge in [0.15, 0.2) is 0 Å². The van der Waals surface area contributed by atoms with Crippen LogP contribution in [0.1, 0.15) is 49.7 Å². The first-order valence-corrected chi connectivity index (χ1v) is 10.3. The monoisotopic (exact) mass is 393 g/mol. The van der Waals surface area contributed by atoms with E-state index in [-0.39, 0.29) is 19.1 Å². The van der Waals surface area contributed by atoms with Crippen molar-refractivity contribution in [1.29, 1.82) is 0 Å². The summed E-state index contributed by atoms with van der Waals surface area (Å²) in [4.78, 5) is 24.3. The van der Waals surface area contributed by atoms with Crippen molar-refractivity contribution in [3.63, 3.8) is 0 Å². The van der Waals surface area contributed by atoms with Crippen LogP contribution in [0.5, 0.6) is 0 Å². The van der Waals surface area contributed by atoms with Crippen molar-refractivity contribution in [2.75, 3.05) is 13.2 Å². The van der Waals surface area contributed by atoms with E-state index < -0.39 is 17.5 Å². The van der Waals surface area contributed by atoms with Crippen LogP contribution in [0.2, 0.25) is 0 Å². The third kappa shape index (κ3) is 3.74. The average Bonchev–Trinajstić information content (AvgIpc) is 3.04. The molecule has 5 heteroatoms. The van der Waals surface area contributed by atoms with Crippen LogP contribution in [0, 0.1) is 11.3 Å². The lowest BCUT2D eigenvalue weighted by atomic mass is 9.70. The number of aliphatic carboxylic acids is 1. The Morgan fingerprint density at radius 1 is 1.10 bits per heavy atom. The summed E-state index contributed by atoms with van der Waals surface area (Å²) in [6.07, 6.45) is 2.55. The van der Waals surface area contributed by atoms with Crippen LogP contribution < -0.4 is 5.32 Å². The second kappa shape index (κ2) is 7.90. The smallest absolute Gasteiger partial charge is 0.407 e. The minimum absolute atomic E-state index is 0.00344. The predicted molar refractivity (Wildman–Crippen MR) is 111 cm³/mol. The number of ether oxygens (including phenoxy) is 1. The molecule has 152 valence electrons. The van der Waals surface area contributed by atoms with Crippen LogP contribution in [0.25, 0.3) is 11.1 Å². The molecule has 1 saturated carbocycles. The summed E-state index contributed by atoms with van der Waals surface area (Å²) >= 11 is 0. The fourth-order valence-corrected chi connectivity index (χ4v) is 4.98. The van der Waals surface area contributed by atoms with Gasteiger partial charge in [0.2, 0.25) is 0 Å². The molecule has 1 fully saturated rings. The van der Waals surface area contributed by atoms with Crippen molar-refractivity contribution >= 4 is 12.1 Å². The average molecular weight is 393 g/mol. The highest BCUT2D eigenvalue weighted by Crippen LogP contribution is 2.44. The molecule has 2 unspecified atom stereocenters. The highest BCUT2D eigenvalue weighted by molar-refractivity contribution is 5.79. The normalized spacial score (nSPS) is 23.1. The van der Waals surface area contributed by atoms with Crippen LogP contribution >= 0.6 is 0 Å². The van der Waals surface area contributed by atoms with Gasteiger partial charge in [0, 0.05) is 12.5 Å². The standard InChI is InChI=1S/C24H27NO4/c1-16-7-6-12-24(13-16,22(26)27)15-25-23(28)29-14-21-19-10-4-2-8-17(19)18-9-3-5-11-20(18)21/h2-5,8-11,16,21H,6-7,12-15H2,1H3,(H,25,28)(H,26,27). The molecule has 2 aliphatic carbocycles. The molecule has 2 aromatic rings. The summed E-state index contributed by atoms with van der Waals surface area (Å²) in [5, 5.41) is 12.5. The van der Waals surface area contributed by atoms with Gasteiger partial charge in [-0.2, -0.15) is 0 Å². The van der Waals surface area contributed by atoms with E-state index in [9.17, 15) is 14.7 Å². The van der Waals surface area contributed by atoms with Gasteiger partial charge in [-0.05, 0) is 41.0 Å². The topological polar surface area (TPSA) is 75.6 Å². The molecule has 2 aliphatic rings. The van der Waals surface area contributed by atoms with Crippen molar-refractivity contribution in [2.24, 2.45) is 11.3 Å². The summed E-state index contributed by atoms with van der Waals surface area (Å²) in [5.41, 5.74) is 3.79. The van der Waals surface area contributed by atoms with E-state index in [4.69, 9.17) is 4.74 Å². The molecule has 5 nitrogen and oxygen atoms in total. The molecule has 0 spiro atoms. The summed E-state index contributed by atoms with van der Waals surface area (Å²) in [6.45, 7) is 2.42. The number of amides is 1. The molecule has 1 amide bonds. The largest absolute Gasteiger partial charge is 0.481 e. The number of carboxylic acid groups (broad SMARTS) is 1. The van der Waals surface area contributed by atoms with E-state index in [0.717, 1.165) is 24.0 Å². The number of rotatable bonds is 5. The van der Waals surface area contributed by atoms with Crippen LogP contribution in [0.3, 0.4) is 0 Å². The Morgan fingerprint density at radius 2 is 1.72 bits per heavy atom. The number of hydrogen-bond donors (Lipinski definition) is 2. The molecule has 4 rings (SSSR count). The van der Waals surface area contributed by atoms with Gasteiger partial charge in [-0.3, -0.25) is 4.79 Å². The van der Waals surface area contributed by atoms with Crippen LogP contribution in [-0.2, 0) is 9.53 Å². The van der Waals surface area contributed by atoms with Crippen molar-refractivity contribution < 1.29 is 19.4 Å². The number of nitrogens with one attached hydrogen (secondary N) is 1. The summed E-state index contributed by atoms with van der Waals surface area (Å²) < 4.78 is 5.54. The second-order valence-corrected chi connectivity index (χ2v) is 8.47. The van der Waals surface area contributed by atoms with Crippen molar-refractivity contribution in [1.82, 2.24) is 5.32 Å². The Morgan fingerprint density at radius 3 is 2.31 bits per heavy atom. The van der Waals surface area contributed by atoms with Gasteiger partial charge >= 0.3 is 12.1 Å². The Balaban J connectivity index is 1.41. The van der Waals surface area contributed by atoms with Gasteiger partial charge in [0.05, 0.1) is 5.41 Å². The molecule has 0 aliphatic heterocycles. The number of benzene rings is 2. The lowest BCUT2D eigenvalue weighted by Gasteiger charge is -2.36. The molecule has 0 heterocycles. The quantitative estimate of drug-likeness (QED) is 0.765. The lowest BCUT2D eigenvalue weighted by Crippen LogP contribution is -2.46. The summed E-state index contributed by atoms with van der Waals surface area (Å²) in [5.74, 6) is -0.483. The molecule has 0 bridgehead atoms. The number of carbonyl (C=O) groups is 2. The highest BCUT2D eigenvalue weighted by Gasteiger charge is 2.42. The van der Waals surface area contributed by atoms with Crippen molar-refractivity contribution in [3.8, 4) is 11.1 Å². The Labute approximate surface area is 171 Å². The summed E-state index contributed by atoms with van der Waals surface area (Å²) in [6, 6.07) is 16.4. The highest BCUT2D eigenvalue weighted by atomic mass is 16.5. The fourth-order valence-electron chi connectivity index (χ4n) is 4.98. The maximum atomic E-state index is 12.4. The maximum Gasteiger partial charge on any atom is 0.407 e. The SMILES string of the molecule is CC1CCCC(CNC(=O)OCC2c3ccccc3-c3ccccc32)(C(=O)O)C1. The molecular formula is C24H27NO4. The zero-order valence-electron chi connectivity index (χ0n) is 16.7. The third-order valence-corrected chi connectivity index (χ3v) is 6.46. The van der Waals surface area contributed by atoms with E-state index in [1.807, 2.05) is 24.3 Å². The van der Waals surface area contributed by atoms with E-state index in [1.165, 1.54) is 11.1 Å². The van der Waals surface area contributed by atoms with Gasteiger partial charge in [-0.25, -0.2) is 4.79 Å². The van der Waals surface area contributed by atoms with E-state index in [2.05, 4.69) is 36.5 Å². The number of alkyl carbamates (subject to hydrolysis) is 1. The van der Waals surface area contributed by atoms with Crippen LogP contribution in [0.4, 0.5) is 4.79 Å². The van der Waals surface area contributed by atoms with Gasteiger partial charge in [-0.1, -0.05) is 68.3 Å². The molecular weight excluding hydrogens is 366 g/mol.